The van der Waals surface area contributed by atoms with Gasteiger partial charge in [-0.1, -0.05) is 36.8 Å². The highest BCUT2D eigenvalue weighted by atomic mass is 35.5. The molecule has 0 aliphatic carbocycles. The van der Waals surface area contributed by atoms with Gasteiger partial charge in [-0.25, -0.2) is 0 Å². The fourth-order valence-electron chi connectivity index (χ4n) is 2.26. The number of amides is 1. The number of rotatable bonds is 5. The minimum atomic E-state index is -0.343. The number of ether oxygens (including phenoxy) is 1. The molecule has 130 valence electrons. The van der Waals surface area contributed by atoms with Crippen molar-refractivity contribution in [3.63, 3.8) is 0 Å². The van der Waals surface area contributed by atoms with Crippen LogP contribution in [0.5, 0.6) is 5.75 Å². The first kappa shape index (κ1) is 17.4. The highest BCUT2D eigenvalue weighted by molar-refractivity contribution is 7.15. The van der Waals surface area contributed by atoms with Crippen LogP contribution < -0.4 is 10.1 Å². The first-order valence-corrected chi connectivity index (χ1v) is 8.84. The van der Waals surface area contributed by atoms with Crippen molar-refractivity contribution in [1.29, 1.82) is 0 Å². The summed E-state index contributed by atoms with van der Waals surface area (Å²) < 4.78 is 7.23. The number of methoxy groups -OCH3 is 1. The van der Waals surface area contributed by atoms with Crippen molar-refractivity contribution in [3.05, 3.63) is 52.3 Å². The summed E-state index contributed by atoms with van der Waals surface area (Å²) in [7, 11) is 1.52. The predicted molar refractivity (Wildman–Crippen MR) is 99.3 cm³/mol. The molecule has 1 aromatic carbocycles. The molecule has 3 aromatic rings. The molecule has 6 nitrogen and oxygen atoms in total. The summed E-state index contributed by atoms with van der Waals surface area (Å²) in [6.07, 6.45) is 3.74. The first-order valence-electron chi connectivity index (χ1n) is 7.65. The van der Waals surface area contributed by atoms with Gasteiger partial charge in [0.1, 0.15) is 10.8 Å². The van der Waals surface area contributed by atoms with Crippen LogP contribution in [0.15, 0.2) is 36.7 Å². The van der Waals surface area contributed by atoms with Crippen LogP contribution >= 0.6 is 22.9 Å². The second-order valence-electron chi connectivity index (χ2n) is 5.65. The molecule has 1 amide bonds. The molecule has 8 heteroatoms. The van der Waals surface area contributed by atoms with Gasteiger partial charge in [0.2, 0.25) is 5.13 Å². The zero-order chi connectivity index (χ0) is 18.0. The lowest BCUT2D eigenvalue weighted by atomic mass is 10.1. The van der Waals surface area contributed by atoms with Gasteiger partial charge in [0.05, 0.1) is 23.4 Å². The number of hydrogen-bond donors (Lipinski definition) is 1. The van der Waals surface area contributed by atoms with Gasteiger partial charge in [0.15, 0.2) is 0 Å². The van der Waals surface area contributed by atoms with E-state index in [9.17, 15) is 4.79 Å². The number of benzene rings is 1. The molecule has 0 atom stereocenters. The lowest BCUT2D eigenvalue weighted by Crippen LogP contribution is -2.13. The third-order valence-corrected chi connectivity index (χ3v) is 4.99. The van der Waals surface area contributed by atoms with Crippen LogP contribution in [0.2, 0.25) is 5.02 Å². The number of nitrogens with one attached hydrogen (secondary N) is 1. The van der Waals surface area contributed by atoms with Crippen molar-refractivity contribution in [2.75, 3.05) is 12.4 Å². The van der Waals surface area contributed by atoms with Gasteiger partial charge in [-0.3, -0.25) is 10.1 Å². The summed E-state index contributed by atoms with van der Waals surface area (Å²) in [5.41, 5.74) is 1.07. The van der Waals surface area contributed by atoms with E-state index in [0.29, 0.717) is 21.5 Å². The molecule has 0 spiro atoms. The number of carbonyl (C=O) groups excluding carboxylic acids is 1. The summed E-state index contributed by atoms with van der Waals surface area (Å²) in [5.74, 6) is 0.344. The molecular formula is C17H17ClN4O2S. The van der Waals surface area contributed by atoms with Crippen LogP contribution in [0, 0.1) is 0 Å². The van der Waals surface area contributed by atoms with Gasteiger partial charge in [0.25, 0.3) is 5.91 Å². The minimum absolute atomic E-state index is 0.257. The molecule has 0 saturated heterocycles. The molecule has 2 aromatic heterocycles. The number of halogens is 1. The van der Waals surface area contributed by atoms with Gasteiger partial charge in [0, 0.05) is 24.4 Å². The Balaban J connectivity index is 1.90. The average Bonchev–Trinajstić information content (AvgIpc) is 3.26. The maximum atomic E-state index is 12.6. The standard InChI is InChI=1S/C17H17ClN4O2S/c1-10(2)16-20-21-17(25-16)19-15(23)11-8-12(18)13(9-14(11)24-3)22-6-4-5-7-22/h4-10H,1-3H3,(H,19,21,23). The highest BCUT2D eigenvalue weighted by Crippen LogP contribution is 2.31. The van der Waals surface area contributed by atoms with Crippen LogP contribution in [0.4, 0.5) is 5.13 Å². The SMILES string of the molecule is COc1cc(-n2cccc2)c(Cl)cc1C(=O)Nc1nnc(C(C)C)s1. The lowest BCUT2D eigenvalue weighted by molar-refractivity contribution is 0.102. The molecule has 0 fully saturated rings. The Morgan fingerprint density at radius 3 is 2.60 bits per heavy atom. The van der Waals surface area contributed by atoms with E-state index in [4.69, 9.17) is 16.3 Å². The molecule has 0 aliphatic heterocycles. The van der Waals surface area contributed by atoms with Gasteiger partial charge in [-0.05, 0) is 18.2 Å². The largest absolute Gasteiger partial charge is 0.496 e. The van der Waals surface area contributed by atoms with E-state index in [1.807, 2.05) is 42.9 Å². The van der Waals surface area contributed by atoms with Gasteiger partial charge < -0.3 is 9.30 Å². The number of hydrogen-bond acceptors (Lipinski definition) is 5. The van der Waals surface area contributed by atoms with Crippen molar-refractivity contribution in [1.82, 2.24) is 14.8 Å². The van der Waals surface area contributed by atoms with E-state index >= 15 is 0 Å². The fraction of sp³-hybridized carbons (Fsp3) is 0.235. The Kier molecular flexibility index (Phi) is 5.06. The van der Waals surface area contributed by atoms with Crippen molar-refractivity contribution >= 4 is 34.0 Å². The lowest BCUT2D eigenvalue weighted by Gasteiger charge is -2.13. The molecule has 2 heterocycles. The number of carbonyl (C=O) groups is 1. The van der Waals surface area contributed by atoms with Gasteiger partial charge in [-0.15, -0.1) is 10.2 Å². The van der Waals surface area contributed by atoms with Crippen molar-refractivity contribution < 1.29 is 9.53 Å². The van der Waals surface area contributed by atoms with E-state index < -0.39 is 0 Å². The summed E-state index contributed by atoms with van der Waals surface area (Å²) in [5, 5.41) is 12.6. The second kappa shape index (κ2) is 7.25. The molecule has 1 N–H and O–H groups in total. The van der Waals surface area contributed by atoms with Crippen LogP contribution in [0.25, 0.3) is 5.69 Å². The highest BCUT2D eigenvalue weighted by Gasteiger charge is 2.18. The Morgan fingerprint density at radius 1 is 1.28 bits per heavy atom. The number of aromatic nitrogens is 3. The number of anilines is 1. The summed E-state index contributed by atoms with van der Waals surface area (Å²) in [6, 6.07) is 7.11. The summed E-state index contributed by atoms with van der Waals surface area (Å²) in [6.45, 7) is 4.05. The Bertz CT molecular complexity index is 890. The molecular weight excluding hydrogens is 360 g/mol. The first-order chi connectivity index (χ1) is 12.0. The molecule has 0 unspecified atom stereocenters. The van der Waals surface area contributed by atoms with Crippen LogP contribution in [-0.4, -0.2) is 27.8 Å². The predicted octanol–water partition coefficient (Wildman–Crippen LogP) is 4.37. The maximum Gasteiger partial charge on any atom is 0.261 e. The summed E-state index contributed by atoms with van der Waals surface area (Å²) >= 11 is 7.71. The Hall–Kier alpha value is -2.38. The van der Waals surface area contributed by atoms with Crippen LogP contribution in [0.3, 0.4) is 0 Å². The van der Waals surface area contributed by atoms with E-state index in [0.717, 1.165) is 10.7 Å². The number of nitrogens with zero attached hydrogens (tertiary/aromatic N) is 3. The van der Waals surface area contributed by atoms with Gasteiger partial charge >= 0.3 is 0 Å². The van der Waals surface area contributed by atoms with Crippen LogP contribution in [-0.2, 0) is 0 Å². The van der Waals surface area contributed by atoms with Crippen LogP contribution in [0.1, 0.15) is 35.1 Å². The molecule has 0 bridgehead atoms. The van der Waals surface area contributed by atoms with Crippen molar-refractivity contribution in [2.24, 2.45) is 0 Å². The Labute approximate surface area is 154 Å². The zero-order valence-electron chi connectivity index (χ0n) is 14.0. The third kappa shape index (κ3) is 3.67. The monoisotopic (exact) mass is 376 g/mol. The molecule has 25 heavy (non-hydrogen) atoms. The minimum Gasteiger partial charge on any atom is -0.496 e. The van der Waals surface area contributed by atoms with E-state index in [1.165, 1.54) is 18.4 Å². The smallest absolute Gasteiger partial charge is 0.261 e. The normalized spacial score (nSPS) is 10.9. The Morgan fingerprint density at radius 2 is 2.00 bits per heavy atom. The second-order valence-corrected chi connectivity index (χ2v) is 7.06. The topological polar surface area (TPSA) is 69.0 Å². The third-order valence-electron chi connectivity index (χ3n) is 3.55. The fourth-order valence-corrected chi connectivity index (χ4v) is 3.27. The quantitative estimate of drug-likeness (QED) is 0.718. The van der Waals surface area contributed by atoms with E-state index in [2.05, 4.69) is 15.5 Å². The van der Waals surface area contributed by atoms with Crippen molar-refractivity contribution in [3.8, 4) is 11.4 Å². The van der Waals surface area contributed by atoms with Gasteiger partial charge in [-0.2, -0.15) is 0 Å². The average molecular weight is 377 g/mol. The van der Waals surface area contributed by atoms with Crippen molar-refractivity contribution in [2.45, 2.75) is 19.8 Å². The zero-order valence-corrected chi connectivity index (χ0v) is 15.6. The van der Waals surface area contributed by atoms with E-state index in [-0.39, 0.29) is 11.8 Å². The summed E-state index contributed by atoms with van der Waals surface area (Å²) in [4.78, 5) is 12.6. The molecule has 0 aliphatic rings. The molecule has 0 radical (unpaired) electrons. The molecule has 3 rings (SSSR count). The van der Waals surface area contributed by atoms with E-state index in [1.54, 1.807) is 12.1 Å². The molecule has 0 saturated carbocycles. The maximum absolute atomic E-state index is 12.6.